The van der Waals surface area contributed by atoms with Crippen LogP contribution >= 0.6 is 0 Å². The lowest BCUT2D eigenvalue weighted by Crippen LogP contribution is -2.57. The van der Waals surface area contributed by atoms with E-state index in [2.05, 4.69) is 17.6 Å². The number of benzene rings is 1. The van der Waals surface area contributed by atoms with Crippen molar-refractivity contribution in [2.75, 3.05) is 6.54 Å². The standard InChI is InChI=1S/C29H46N4O5/c1-7-8-9-18-31-26(35)25(22-15-10-12-19(2)20(22)3)33(21-13-11-14-21)27(36)23(16-17-24(30)34)32-28(37)38-29(4,5)6/h10,12,15,21,23,25H,7-9,11,13-14,16-18H2,1-6H3,(H2,30,34)(H,31,35)(H,32,37). The summed E-state index contributed by atoms with van der Waals surface area (Å²) < 4.78 is 5.39. The minimum absolute atomic E-state index is 0.00820. The lowest BCUT2D eigenvalue weighted by atomic mass is 9.86. The van der Waals surface area contributed by atoms with E-state index in [0.29, 0.717) is 6.54 Å². The Kier molecular flexibility index (Phi) is 11.6. The molecular weight excluding hydrogens is 484 g/mol. The van der Waals surface area contributed by atoms with E-state index in [0.717, 1.165) is 55.2 Å². The number of alkyl carbamates (subject to hydrolysis) is 1. The van der Waals surface area contributed by atoms with Crippen molar-refractivity contribution in [2.24, 2.45) is 5.73 Å². The highest BCUT2D eigenvalue weighted by Gasteiger charge is 2.42. The number of nitrogens with one attached hydrogen (secondary N) is 2. The van der Waals surface area contributed by atoms with Crippen molar-refractivity contribution < 1.29 is 23.9 Å². The molecule has 0 aliphatic heterocycles. The highest BCUT2D eigenvalue weighted by atomic mass is 16.6. The molecule has 0 radical (unpaired) electrons. The van der Waals surface area contributed by atoms with Crippen LogP contribution in [0.25, 0.3) is 0 Å². The van der Waals surface area contributed by atoms with E-state index in [1.54, 1.807) is 25.7 Å². The second kappa shape index (κ2) is 14.2. The second-order valence-electron chi connectivity index (χ2n) is 11.2. The van der Waals surface area contributed by atoms with E-state index in [1.165, 1.54) is 0 Å². The van der Waals surface area contributed by atoms with Crippen LogP contribution in [-0.2, 0) is 19.1 Å². The normalized spacial score (nSPS) is 15.1. The van der Waals surface area contributed by atoms with Gasteiger partial charge in [0.05, 0.1) is 0 Å². The number of primary amides is 1. The Morgan fingerprint density at radius 1 is 1.13 bits per heavy atom. The number of unbranched alkanes of at least 4 members (excludes halogenated alkanes) is 2. The van der Waals surface area contributed by atoms with Gasteiger partial charge in [-0.2, -0.15) is 0 Å². The highest BCUT2D eigenvalue weighted by molar-refractivity contribution is 5.93. The van der Waals surface area contributed by atoms with Gasteiger partial charge in [-0.15, -0.1) is 0 Å². The highest BCUT2D eigenvalue weighted by Crippen LogP contribution is 2.35. The predicted molar refractivity (Wildman–Crippen MR) is 147 cm³/mol. The van der Waals surface area contributed by atoms with E-state index >= 15 is 0 Å². The fourth-order valence-corrected chi connectivity index (χ4v) is 4.53. The SMILES string of the molecule is CCCCCNC(=O)C(c1cccc(C)c1C)N(C(=O)C(CCC(N)=O)NC(=O)OC(C)(C)C)C1CCC1. The average molecular weight is 531 g/mol. The summed E-state index contributed by atoms with van der Waals surface area (Å²) in [6.45, 7) is 11.7. The second-order valence-corrected chi connectivity index (χ2v) is 11.2. The fourth-order valence-electron chi connectivity index (χ4n) is 4.53. The molecule has 212 valence electrons. The van der Waals surface area contributed by atoms with Crippen LogP contribution in [0.5, 0.6) is 0 Å². The zero-order chi connectivity index (χ0) is 28.5. The van der Waals surface area contributed by atoms with Crippen LogP contribution in [0.1, 0.15) is 102 Å². The van der Waals surface area contributed by atoms with Gasteiger partial charge in [0.15, 0.2) is 0 Å². The summed E-state index contributed by atoms with van der Waals surface area (Å²) in [5.41, 5.74) is 7.33. The lowest BCUT2D eigenvalue weighted by Gasteiger charge is -2.44. The molecule has 0 aromatic heterocycles. The van der Waals surface area contributed by atoms with Crippen LogP contribution in [0.2, 0.25) is 0 Å². The number of rotatable bonds is 13. The number of aryl methyl sites for hydroxylation is 1. The Labute approximate surface area is 227 Å². The summed E-state index contributed by atoms with van der Waals surface area (Å²) in [4.78, 5) is 53.9. The third-order valence-corrected chi connectivity index (χ3v) is 6.94. The van der Waals surface area contributed by atoms with Crippen molar-refractivity contribution in [1.29, 1.82) is 0 Å². The number of ether oxygens (including phenoxy) is 1. The third-order valence-electron chi connectivity index (χ3n) is 6.94. The van der Waals surface area contributed by atoms with Gasteiger partial charge < -0.3 is 26.0 Å². The van der Waals surface area contributed by atoms with Gasteiger partial charge in [-0.05, 0) is 83.4 Å². The summed E-state index contributed by atoms with van der Waals surface area (Å²) in [7, 11) is 0. The molecule has 2 rings (SSSR count). The minimum Gasteiger partial charge on any atom is -0.444 e. The van der Waals surface area contributed by atoms with Crippen LogP contribution in [0.3, 0.4) is 0 Å². The maximum absolute atomic E-state index is 14.2. The summed E-state index contributed by atoms with van der Waals surface area (Å²) in [5.74, 6) is -1.25. The molecule has 0 heterocycles. The number of amides is 4. The Morgan fingerprint density at radius 2 is 1.82 bits per heavy atom. The van der Waals surface area contributed by atoms with E-state index in [9.17, 15) is 19.2 Å². The van der Waals surface area contributed by atoms with E-state index in [-0.39, 0.29) is 24.8 Å². The van der Waals surface area contributed by atoms with E-state index < -0.39 is 35.6 Å². The number of carbonyl (C=O) groups excluding carboxylic acids is 4. The van der Waals surface area contributed by atoms with Gasteiger partial charge in [0.2, 0.25) is 17.7 Å². The molecule has 4 N–H and O–H groups in total. The third kappa shape index (κ3) is 9.03. The van der Waals surface area contributed by atoms with Crippen molar-refractivity contribution in [3.63, 3.8) is 0 Å². The van der Waals surface area contributed by atoms with Crippen molar-refractivity contribution in [3.8, 4) is 0 Å². The summed E-state index contributed by atoms with van der Waals surface area (Å²) in [6, 6.07) is 3.65. The first-order valence-corrected chi connectivity index (χ1v) is 13.8. The van der Waals surface area contributed by atoms with Crippen LogP contribution in [0.15, 0.2) is 18.2 Å². The molecule has 1 fully saturated rings. The minimum atomic E-state index is -1.07. The smallest absolute Gasteiger partial charge is 0.408 e. The van der Waals surface area contributed by atoms with Crippen LogP contribution in [0, 0.1) is 13.8 Å². The van der Waals surface area contributed by atoms with Crippen LogP contribution in [-0.4, -0.2) is 52.9 Å². The fraction of sp³-hybridized carbons (Fsp3) is 0.655. The predicted octanol–water partition coefficient (Wildman–Crippen LogP) is 4.19. The molecule has 9 heteroatoms. The number of hydrogen-bond acceptors (Lipinski definition) is 5. The first kappa shape index (κ1) is 31.1. The topological polar surface area (TPSA) is 131 Å². The van der Waals surface area contributed by atoms with Crippen molar-refractivity contribution in [1.82, 2.24) is 15.5 Å². The quantitative estimate of drug-likeness (QED) is 0.329. The number of nitrogens with two attached hydrogens (primary N) is 1. The first-order chi connectivity index (χ1) is 17.9. The molecule has 2 unspecified atom stereocenters. The van der Waals surface area contributed by atoms with Crippen molar-refractivity contribution >= 4 is 23.8 Å². The summed E-state index contributed by atoms with van der Waals surface area (Å²) in [5, 5.41) is 5.69. The maximum atomic E-state index is 14.2. The Morgan fingerprint density at radius 3 is 2.37 bits per heavy atom. The molecule has 1 aromatic rings. The summed E-state index contributed by atoms with van der Waals surface area (Å²) >= 11 is 0. The van der Waals surface area contributed by atoms with E-state index in [1.807, 2.05) is 32.0 Å². The van der Waals surface area contributed by atoms with Gasteiger partial charge in [-0.1, -0.05) is 38.0 Å². The molecule has 38 heavy (non-hydrogen) atoms. The number of nitrogens with zero attached hydrogens (tertiary/aromatic N) is 1. The molecule has 9 nitrogen and oxygen atoms in total. The molecule has 2 atom stereocenters. The monoisotopic (exact) mass is 530 g/mol. The molecule has 1 saturated carbocycles. The first-order valence-electron chi connectivity index (χ1n) is 13.8. The molecule has 1 aliphatic carbocycles. The van der Waals surface area contributed by atoms with Crippen molar-refractivity contribution in [3.05, 3.63) is 34.9 Å². The average Bonchev–Trinajstić information content (AvgIpc) is 2.78. The van der Waals surface area contributed by atoms with Crippen molar-refractivity contribution in [2.45, 2.75) is 117 Å². The Balaban J connectivity index is 2.49. The molecule has 0 spiro atoms. The molecule has 0 saturated heterocycles. The van der Waals surface area contributed by atoms with Gasteiger partial charge in [0.1, 0.15) is 17.7 Å². The van der Waals surface area contributed by atoms with Gasteiger partial charge in [-0.3, -0.25) is 14.4 Å². The van der Waals surface area contributed by atoms with Gasteiger partial charge >= 0.3 is 6.09 Å². The molecular formula is C29H46N4O5. The van der Waals surface area contributed by atoms with Crippen LogP contribution < -0.4 is 16.4 Å². The number of hydrogen-bond donors (Lipinski definition) is 3. The summed E-state index contributed by atoms with van der Waals surface area (Å²) in [6.07, 6.45) is 4.47. The maximum Gasteiger partial charge on any atom is 0.408 e. The number of carbonyl (C=O) groups is 4. The van der Waals surface area contributed by atoms with Gasteiger partial charge in [0.25, 0.3) is 0 Å². The molecule has 0 bridgehead atoms. The Bertz CT molecular complexity index is 984. The molecule has 4 amide bonds. The van der Waals surface area contributed by atoms with Gasteiger partial charge in [-0.25, -0.2) is 4.79 Å². The molecule has 1 aromatic carbocycles. The largest absolute Gasteiger partial charge is 0.444 e. The zero-order valence-corrected chi connectivity index (χ0v) is 23.9. The van der Waals surface area contributed by atoms with Gasteiger partial charge in [0, 0.05) is 19.0 Å². The molecule has 1 aliphatic rings. The lowest BCUT2D eigenvalue weighted by molar-refractivity contribution is -0.147. The van der Waals surface area contributed by atoms with Crippen LogP contribution in [0.4, 0.5) is 4.79 Å². The Hall–Kier alpha value is -3.10. The van der Waals surface area contributed by atoms with E-state index in [4.69, 9.17) is 10.5 Å². The zero-order valence-electron chi connectivity index (χ0n) is 23.9.